The van der Waals surface area contributed by atoms with Crippen LogP contribution in [-0.4, -0.2) is 36.0 Å². The maximum atomic E-state index is 2.57. The van der Waals surface area contributed by atoms with Crippen molar-refractivity contribution in [2.45, 2.75) is 39.5 Å². The molecule has 0 aromatic carbocycles. The second kappa shape index (κ2) is 4.24. The first-order valence-corrected chi connectivity index (χ1v) is 6.08. The molecule has 0 saturated carbocycles. The van der Waals surface area contributed by atoms with Crippen LogP contribution in [0, 0.1) is 0 Å². The summed E-state index contributed by atoms with van der Waals surface area (Å²) in [5, 5.41) is 0. The van der Waals surface area contributed by atoms with Crippen molar-refractivity contribution in [2.75, 3.05) is 26.2 Å². The zero-order valence-corrected chi connectivity index (χ0v) is 9.55. The molecule has 2 aliphatic heterocycles. The lowest BCUT2D eigenvalue weighted by Crippen LogP contribution is -2.42. The van der Waals surface area contributed by atoms with E-state index in [1.165, 1.54) is 51.9 Å². The third-order valence-corrected chi connectivity index (χ3v) is 3.49. The SMILES string of the molecule is CCN1CCCC2=C1N(CC)CCC2. The van der Waals surface area contributed by atoms with Crippen LogP contribution < -0.4 is 0 Å². The predicted octanol–water partition coefficient (Wildman–Crippen LogP) is 2.43. The molecule has 14 heavy (non-hydrogen) atoms. The van der Waals surface area contributed by atoms with Crippen molar-refractivity contribution in [2.24, 2.45) is 0 Å². The normalized spacial score (nSPS) is 22.7. The molecule has 2 heterocycles. The molecule has 0 spiro atoms. The van der Waals surface area contributed by atoms with E-state index in [1.54, 1.807) is 11.4 Å². The Labute approximate surface area is 87.6 Å². The second-order valence-electron chi connectivity index (χ2n) is 4.29. The summed E-state index contributed by atoms with van der Waals surface area (Å²) in [6, 6.07) is 0. The first-order chi connectivity index (χ1) is 6.86. The van der Waals surface area contributed by atoms with E-state index in [0.717, 1.165) is 0 Å². The van der Waals surface area contributed by atoms with E-state index < -0.39 is 0 Å². The lowest BCUT2D eigenvalue weighted by atomic mass is 9.97. The molecule has 0 unspecified atom stereocenters. The van der Waals surface area contributed by atoms with Gasteiger partial charge in [0.15, 0.2) is 0 Å². The largest absolute Gasteiger partial charge is 0.359 e. The van der Waals surface area contributed by atoms with Gasteiger partial charge in [-0.05, 0) is 45.1 Å². The fourth-order valence-electron chi connectivity index (χ4n) is 2.79. The highest BCUT2D eigenvalue weighted by molar-refractivity contribution is 5.18. The average Bonchev–Trinajstić information content (AvgIpc) is 2.27. The molecular weight excluding hydrogens is 172 g/mol. The van der Waals surface area contributed by atoms with Gasteiger partial charge < -0.3 is 9.80 Å². The first-order valence-electron chi connectivity index (χ1n) is 6.08. The van der Waals surface area contributed by atoms with Crippen LogP contribution >= 0.6 is 0 Å². The van der Waals surface area contributed by atoms with Crippen molar-refractivity contribution in [3.63, 3.8) is 0 Å². The molecule has 0 aliphatic carbocycles. The van der Waals surface area contributed by atoms with Gasteiger partial charge in [-0.3, -0.25) is 0 Å². The van der Waals surface area contributed by atoms with Crippen molar-refractivity contribution < 1.29 is 0 Å². The molecule has 0 atom stereocenters. The highest BCUT2D eigenvalue weighted by Gasteiger charge is 2.25. The van der Waals surface area contributed by atoms with E-state index >= 15 is 0 Å². The van der Waals surface area contributed by atoms with Crippen LogP contribution in [0.5, 0.6) is 0 Å². The quantitative estimate of drug-likeness (QED) is 0.666. The fraction of sp³-hybridized carbons (Fsp3) is 0.833. The third-order valence-electron chi connectivity index (χ3n) is 3.49. The summed E-state index contributed by atoms with van der Waals surface area (Å²) < 4.78 is 0. The monoisotopic (exact) mass is 194 g/mol. The Morgan fingerprint density at radius 1 is 0.929 bits per heavy atom. The van der Waals surface area contributed by atoms with Crippen molar-refractivity contribution in [3.05, 3.63) is 11.4 Å². The molecule has 80 valence electrons. The van der Waals surface area contributed by atoms with Crippen molar-refractivity contribution in [3.8, 4) is 0 Å². The summed E-state index contributed by atoms with van der Waals surface area (Å²) >= 11 is 0. The Morgan fingerprint density at radius 2 is 1.43 bits per heavy atom. The summed E-state index contributed by atoms with van der Waals surface area (Å²) in [5.74, 6) is 1.59. The average molecular weight is 194 g/mol. The van der Waals surface area contributed by atoms with Gasteiger partial charge in [-0.1, -0.05) is 0 Å². The molecule has 2 nitrogen and oxygen atoms in total. The van der Waals surface area contributed by atoms with Crippen LogP contribution in [0.2, 0.25) is 0 Å². The minimum absolute atomic E-state index is 1.18. The van der Waals surface area contributed by atoms with Gasteiger partial charge in [0.1, 0.15) is 5.82 Å². The molecule has 2 aliphatic rings. The molecule has 0 fully saturated rings. The molecule has 0 aromatic heterocycles. The zero-order valence-electron chi connectivity index (χ0n) is 9.55. The Bertz CT molecular complexity index is 210. The molecule has 2 rings (SSSR count). The van der Waals surface area contributed by atoms with E-state index in [4.69, 9.17) is 0 Å². The number of hydrogen-bond acceptors (Lipinski definition) is 2. The lowest BCUT2D eigenvalue weighted by Gasteiger charge is -2.42. The highest BCUT2D eigenvalue weighted by atomic mass is 15.3. The van der Waals surface area contributed by atoms with E-state index in [1.807, 2.05) is 0 Å². The molecule has 0 radical (unpaired) electrons. The lowest BCUT2D eigenvalue weighted by molar-refractivity contribution is 0.182. The summed E-state index contributed by atoms with van der Waals surface area (Å²) in [4.78, 5) is 5.14. The number of hydrogen-bond donors (Lipinski definition) is 0. The van der Waals surface area contributed by atoms with Gasteiger partial charge in [0.05, 0.1) is 0 Å². The van der Waals surface area contributed by atoms with Gasteiger partial charge in [0, 0.05) is 26.2 Å². The number of nitrogens with zero attached hydrogens (tertiary/aromatic N) is 2. The minimum atomic E-state index is 1.18. The van der Waals surface area contributed by atoms with Crippen molar-refractivity contribution >= 4 is 0 Å². The molecule has 0 saturated heterocycles. The first kappa shape index (κ1) is 9.88. The summed E-state index contributed by atoms with van der Waals surface area (Å²) in [5.41, 5.74) is 1.73. The highest BCUT2D eigenvalue weighted by Crippen LogP contribution is 2.31. The Balaban J connectivity index is 2.25. The third kappa shape index (κ3) is 1.62. The van der Waals surface area contributed by atoms with Gasteiger partial charge in [-0.15, -0.1) is 0 Å². The summed E-state index contributed by atoms with van der Waals surface area (Å²) in [6.45, 7) is 9.44. The molecule has 0 amide bonds. The van der Waals surface area contributed by atoms with Gasteiger partial charge in [0.25, 0.3) is 0 Å². The van der Waals surface area contributed by atoms with Crippen LogP contribution in [0.1, 0.15) is 39.5 Å². The molecular formula is C12H22N2. The molecule has 0 aromatic rings. The molecule has 0 bridgehead atoms. The van der Waals surface area contributed by atoms with Crippen LogP contribution in [0.4, 0.5) is 0 Å². The maximum absolute atomic E-state index is 2.57. The van der Waals surface area contributed by atoms with E-state index in [0.29, 0.717) is 0 Å². The standard InChI is InChI=1S/C12H22N2/c1-3-13-9-5-7-11-8-6-10-14(4-2)12(11)13/h3-10H2,1-2H3. The maximum Gasteiger partial charge on any atom is 0.103 e. The Kier molecular flexibility index (Phi) is 2.99. The van der Waals surface area contributed by atoms with Gasteiger partial charge in [-0.25, -0.2) is 0 Å². The van der Waals surface area contributed by atoms with E-state index in [9.17, 15) is 0 Å². The smallest absolute Gasteiger partial charge is 0.103 e. The van der Waals surface area contributed by atoms with E-state index in [2.05, 4.69) is 23.6 Å². The summed E-state index contributed by atoms with van der Waals surface area (Å²) in [6.07, 6.45) is 5.43. The number of allylic oxidation sites excluding steroid dienone is 1. The zero-order chi connectivity index (χ0) is 9.97. The fourth-order valence-corrected chi connectivity index (χ4v) is 2.79. The molecule has 0 N–H and O–H groups in total. The second-order valence-corrected chi connectivity index (χ2v) is 4.29. The predicted molar refractivity (Wildman–Crippen MR) is 60.0 cm³/mol. The minimum Gasteiger partial charge on any atom is -0.359 e. The van der Waals surface area contributed by atoms with Crippen molar-refractivity contribution in [1.82, 2.24) is 9.80 Å². The van der Waals surface area contributed by atoms with Gasteiger partial charge >= 0.3 is 0 Å². The van der Waals surface area contributed by atoms with Gasteiger partial charge in [-0.2, -0.15) is 0 Å². The van der Waals surface area contributed by atoms with Crippen LogP contribution in [0.25, 0.3) is 0 Å². The summed E-state index contributed by atoms with van der Waals surface area (Å²) in [7, 11) is 0. The molecule has 2 heteroatoms. The van der Waals surface area contributed by atoms with Crippen molar-refractivity contribution in [1.29, 1.82) is 0 Å². The van der Waals surface area contributed by atoms with E-state index in [-0.39, 0.29) is 0 Å². The topological polar surface area (TPSA) is 6.48 Å². The van der Waals surface area contributed by atoms with Gasteiger partial charge in [0.2, 0.25) is 0 Å². The van der Waals surface area contributed by atoms with Crippen LogP contribution in [0.15, 0.2) is 11.4 Å². The van der Waals surface area contributed by atoms with Crippen LogP contribution in [-0.2, 0) is 0 Å². The number of rotatable bonds is 2. The Morgan fingerprint density at radius 3 is 1.86 bits per heavy atom. The Hall–Kier alpha value is -0.660. The van der Waals surface area contributed by atoms with Crippen LogP contribution in [0.3, 0.4) is 0 Å².